The van der Waals surface area contributed by atoms with Crippen LogP contribution >= 0.6 is 23.1 Å². The largest absolute Gasteiger partial charge is 0.497 e. The predicted octanol–water partition coefficient (Wildman–Crippen LogP) is 3.55. The number of hydrogen-bond acceptors (Lipinski definition) is 8. The van der Waals surface area contributed by atoms with Crippen molar-refractivity contribution >= 4 is 40.0 Å². The second-order valence-corrected chi connectivity index (χ2v) is 8.55. The third kappa shape index (κ3) is 4.25. The van der Waals surface area contributed by atoms with Gasteiger partial charge in [0.15, 0.2) is 4.34 Å². The van der Waals surface area contributed by atoms with Crippen LogP contribution in [0.3, 0.4) is 0 Å². The lowest BCUT2D eigenvalue weighted by molar-refractivity contribution is 0.0664. The van der Waals surface area contributed by atoms with Gasteiger partial charge >= 0.3 is 0 Å². The van der Waals surface area contributed by atoms with Gasteiger partial charge in [-0.1, -0.05) is 47.4 Å². The molecule has 0 unspecified atom stereocenters. The van der Waals surface area contributed by atoms with E-state index in [0.717, 1.165) is 20.8 Å². The molecule has 2 heterocycles. The van der Waals surface area contributed by atoms with Gasteiger partial charge in [-0.2, -0.15) is 0 Å². The highest BCUT2D eigenvalue weighted by Gasteiger charge is 2.34. The maximum absolute atomic E-state index is 12.4. The second-order valence-electron chi connectivity index (χ2n) is 6.23. The van der Waals surface area contributed by atoms with Gasteiger partial charge in [-0.3, -0.25) is 14.5 Å². The van der Waals surface area contributed by atoms with Crippen LogP contribution in [0.4, 0.5) is 5.13 Å². The quantitative estimate of drug-likeness (QED) is 0.436. The molecule has 7 nitrogen and oxygen atoms in total. The summed E-state index contributed by atoms with van der Waals surface area (Å²) in [5, 5.41) is 12.3. The molecule has 1 aliphatic heterocycles. The average Bonchev–Trinajstić information content (AvgIpc) is 3.31. The van der Waals surface area contributed by atoms with Gasteiger partial charge in [0.05, 0.1) is 18.2 Å². The minimum atomic E-state index is -0.231. The van der Waals surface area contributed by atoms with Gasteiger partial charge in [0, 0.05) is 18.8 Å². The first-order chi connectivity index (χ1) is 14.2. The van der Waals surface area contributed by atoms with E-state index >= 15 is 0 Å². The molecule has 0 atom stereocenters. The Morgan fingerprint density at radius 3 is 2.38 bits per heavy atom. The third-order valence-corrected chi connectivity index (χ3v) is 6.42. The molecule has 0 radical (unpaired) electrons. The lowest BCUT2D eigenvalue weighted by Gasteiger charge is -2.12. The number of ether oxygens (including phenoxy) is 1. The van der Waals surface area contributed by atoms with E-state index in [1.807, 2.05) is 24.3 Å². The molecule has 0 bridgehead atoms. The highest BCUT2D eigenvalue weighted by Crippen LogP contribution is 2.27. The van der Waals surface area contributed by atoms with E-state index in [2.05, 4.69) is 15.5 Å². The molecule has 1 N–H and O–H groups in total. The zero-order chi connectivity index (χ0) is 20.2. The average molecular weight is 427 g/mol. The van der Waals surface area contributed by atoms with Crippen molar-refractivity contribution in [3.8, 4) is 5.75 Å². The molecular weight excluding hydrogens is 408 g/mol. The summed E-state index contributed by atoms with van der Waals surface area (Å²) in [4.78, 5) is 26.0. The summed E-state index contributed by atoms with van der Waals surface area (Å²) in [6.07, 6.45) is 0. The second kappa shape index (κ2) is 8.62. The first kappa shape index (κ1) is 19.4. The van der Waals surface area contributed by atoms with E-state index in [4.69, 9.17) is 4.74 Å². The molecule has 3 aromatic rings. The van der Waals surface area contributed by atoms with Gasteiger partial charge in [0.1, 0.15) is 5.75 Å². The number of methoxy groups -OCH3 is 1. The van der Waals surface area contributed by atoms with Crippen molar-refractivity contribution in [1.82, 2.24) is 15.1 Å². The fraction of sp³-hybridized carbons (Fsp3) is 0.200. The molecule has 0 saturated heterocycles. The molecule has 0 saturated carbocycles. The first-order valence-electron chi connectivity index (χ1n) is 8.94. The van der Waals surface area contributed by atoms with Crippen LogP contribution in [0.1, 0.15) is 26.3 Å². The molecular formula is C20H18N4O3S2. The molecule has 0 aliphatic carbocycles. The summed E-state index contributed by atoms with van der Waals surface area (Å²) in [7, 11) is 1.64. The van der Waals surface area contributed by atoms with Gasteiger partial charge < -0.3 is 10.1 Å². The molecule has 148 valence electrons. The summed E-state index contributed by atoms with van der Waals surface area (Å²) in [6, 6.07) is 14.7. The minimum Gasteiger partial charge on any atom is -0.497 e. The Hall–Kier alpha value is -2.91. The number of aromatic nitrogens is 2. The Bertz CT molecular complexity index is 1000. The number of thioether (sulfide) groups is 1. The van der Waals surface area contributed by atoms with Gasteiger partial charge in [0.25, 0.3) is 11.8 Å². The van der Waals surface area contributed by atoms with Crippen molar-refractivity contribution in [2.24, 2.45) is 0 Å². The molecule has 1 aromatic heterocycles. The van der Waals surface area contributed by atoms with Crippen LogP contribution in [0.5, 0.6) is 5.75 Å². The summed E-state index contributed by atoms with van der Waals surface area (Å²) in [5.74, 6) is 0.926. The van der Waals surface area contributed by atoms with Crippen molar-refractivity contribution in [3.05, 3.63) is 65.2 Å². The molecule has 2 amide bonds. The van der Waals surface area contributed by atoms with Gasteiger partial charge in [-0.25, -0.2) is 0 Å². The van der Waals surface area contributed by atoms with E-state index in [9.17, 15) is 9.59 Å². The number of carbonyl (C=O) groups is 2. The maximum Gasteiger partial charge on any atom is 0.261 e. The van der Waals surface area contributed by atoms with Crippen LogP contribution in [0.15, 0.2) is 52.9 Å². The number of fused-ring (bicyclic) bond motifs is 1. The monoisotopic (exact) mass is 426 g/mol. The minimum absolute atomic E-state index is 0.231. The number of rotatable bonds is 8. The van der Waals surface area contributed by atoms with Crippen LogP contribution in [0, 0.1) is 0 Å². The molecule has 29 heavy (non-hydrogen) atoms. The number of hydrogen-bond donors (Lipinski definition) is 1. The molecule has 0 spiro atoms. The summed E-state index contributed by atoms with van der Waals surface area (Å²) in [5.41, 5.74) is 2.06. The molecule has 1 aliphatic rings. The number of amides is 2. The third-order valence-electron chi connectivity index (χ3n) is 4.43. The van der Waals surface area contributed by atoms with Gasteiger partial charge in [0.2, 0.25) is 5.13 Å². The zero-order valence-electron chi connectivity index (χ0n) is 15.6. The van der Waals surface area contributed by atoms with Crippen LogP contribution in [-0.4, -0.2) is 46.3 Å². The van der Waals surface area contributed by atoms with E-state index in [1.165, 1.54) is 28.0 Å². The standard InChI is InChI=1S/C20H18N4O3S2/c1-27-14-8-6-13(7-9-14)12-21-19-22-23-20(29-19)28-11-10-24-17(25)15-4-2-3-5-16(15)18(24)26/h2-9H,10-12H2,1H3,(H,21,22). The normalized spacial score (nSPS) is 12.9. The first-order valence-corrected chi connectivity index (χ1v) is 10.7. The number of imide groups is 1. The smallest absolute Gasteiger partial charge is 0.261 e. The van der Waals surface area contributed by atoms with E-state index in [-0.39, 0.29) is 11.8 Å². The van der Waals surface area contributed by atoms with Gasteiger partial charge in [-0.05, 0) is 29.8 Å². The zero-order valence-corrected chi connectivity index (χ0v) is 17.3. The molecule has 4 rings (SSSR count). The lowest BCUT2D eigenvalue weighted by Crippen LogP contribution is -2.31. The maximum atomic E-state index is 12.4. The Labute approximate surface area is 176 Å². The Kier molecular flexibility index (Phi) is 5.77. The summed E-state index contributed by atoms with van der Waals surface area (Å²) in [6.45, 7) is 0.976. The van der Waals surface area contributed by atoms with Crippen molar-refractivity contribution in [1.29, 1.82) is 0 Å². The van der Waals surface area contributed by atoms with Crippen molar-refractivity contribution in [3.63, 3.8) is 0 Å². The number of benzene rings is 2. The Morgan fingerprint density at radius 2 is 1.72 bits per heavy atom. The van der Waals surface area contributed by atoms with Crippen LogP contribution in [0.2, 0.25) is 0 Å². The van der Waals surface area contributed by atoms with Crippen LogP contribution in [-0.2, 0) is 6.54 Å². The lowest BCUT2D eigenvalue weighted by atomic mass is 10.1. The highest BCUT2D eigenvalue weighted by molar-refractivity contribution is 8.01. The molecule has 2 aromatic carbocycles. The summed E-state index contributed by atoms with van der Waals surface area (Å²) < 4.78 is 5.94. The topological polar surface area (TPSA) is 84.4 Å². The Morgan fingerprint density at radius 1 is 1.03 bits per heavy atom. The fourth-order valence-corrected chi connectivity index (χ4v) is 4.67. The summed E-state index contributed by atoms with van der Waals surface area (Å²) >= 11 is 2.93. The van der Waals surface area contributed by atoms with Gasteiger partial charge in [-0.15, -0.1) is 10.2 Å². The number of carbonyl (C=O) groups excluding carboxylic acids is 2. The van der Waals surface area contributed by atoms with Crippen LogP contribution in [0.25, 0.3) is 0 Å². The Balaban J connectivity index is 1.27. The highest BCUT2D eigenvalue weighted by atomic mass is 32.2. The number of anilines is 1. The van der Waals surface area contributed by atoms with E-state index in [1.54, 1.807) is 31.4 Å². The van der Waals surface area contributed by atoms with Crippen molar-refractivity contribution in [2.75, 3.05) is 24.7 Å². The van der Waals surface area contributed by atoms with E-state index < -0.39 is 0 Å². The van der Waals surface area contributed by atoms with E-state index in [0.29, 0.717) is 30.0 Å². The van der Waals surface area contributed by atoms with Crippen LogP contribution < -0.4 is 10.1 Å². The number of nitrogens with zero attached hydrogens (tertiary/aromatic N) is 3. The van der Waals surface area contributed by atoms with Crippen molar-refractivity contribution < 1.29 is 14.3 Å². The SMILES string of the molecule is COc1ccc(CNc2nnc(SCCN3C(=O)c4ccccc4C3=O)s2)cc1. The molecule has 9 heteroatoms. The fourth-order valence-electron chi connectivity index (χ4n) is 2.93. The molecule has 0 fully saturated rings. The predicted molar refractivity (Wildman–Crippen MR) is 113 cm³/mol. The number of nitrogens with one attached hydrogen (secondary N) is 1. The van der Waals surface area contributed by atoms with Crippen molar-refractivity contribution in [2.45, 2.75) is 10.9 Å².